The van der Waals surface area contributed by atoms with Gasteiger partial charge in [0.05, 0.1) is 12.3 Å². The monoisotopic (exact) mass is 306 g/mol. The zero-order chi connectivity index (χ0) is 15.4. The molecule has 0 aliphatic heterocycles. The van der Waals surface area contributed by atoms with Gasteiger partial charge in [-0.05, 0) is 43.5 Å². The maximum Gasteiger partial charge on any atom is 0.140 e. The number of methoxy groups -OCH3 is 1. The Morgan fingerprint density at radius 1 is 1.19 bits per heavy atom. The van der Waals surface area contributed by atoms with Crippen LogP contribution in [0, 0.1) is 20.8 Å². The minimum Gasteiger partial charge on any atom is -0.486 e. The standard InChI is InChI=1S/C16H22N2O2S/c1-10-5-11(2)12(3)14(6-10)20-9-16-18-13(8-19-4)15(7-17)21-16/h5-6H,7-9,17H2,1-4H3. The van der Waals surface area contributed by atoms with E-state index in [1.807, 2.05) is 0 Å². The van der Waals surface area contributed by atoms with Crippen molar-refractivity contribution in [1.82, 2.24) is 4.98 Å². The molecule has 2 rings (SSSR count). The molecular weight excluding hydrogens is 284 g/mol. The first-order valence-corrected chi connectivity index (χ1v) is 7.74. The second kappa shape index (κ2) is 7.02. The van der Waals surface area contributed by atoms with Crippen LogP contribution in [0.1, 0.15) is 32.3 Å². The van der Waals surface area contributed by atoms with Gasteiger partial charge in [-0.15, -0.1) is 11.3 Å². The van der Waals surface area contributed by atoms with Gasteiger partial charge in [0.1, 0.15) is 17.4 Å². The second-order valence-corrected chi connectivity index (χ2v) is 6.28. The number of nitrogens with two attached hydrogens (primary N) is 1. The topological polar surface area (TPSA) is 57.4 Å². The molecule has 0 bridgehead atoms. The Morgan fingerprint density at radius 3 is 2.62 bits per heavy atom. The van der Waals surface area contributed by atoms with E-state index in [0.29, 0.717) is 19.8 Å². The molecule has 1 aromatic carbocycles. The highest BCUT2D eigenvalue weighted by molar-refractivity contribution is 7.11. The van der Waals surface area contributed by atoms with Gasteiger partial charge in [-0.3, -0.25) is 0 Å². The van der Waals surface area contributed by atoms with E-state index < -0.39 is 0 Å². The van der Waals surface area contributed by atoms with E-state index in [1.165, 1.54) is 16.7 Å². The maximum atomic E-state index is 5.94. The Morgan fingerprint density at radius 2 is 1.95 bits per heavy atom. The molecule has 4 nitrogen and oxygen atoms in total. The molecule has 21 heavy (non-hydrogen) atoms. The van der Waals surface area contributed by atoms with Gasteiger partial charge in [0.15, 0.2) is 0 Å². The van der Waals surface area contributed by atoms with Gasteiger partial charge in [0.25, 0.3) is 0 Å². The number of ether oxygens (including phenoxy) is 2. The number of benzene rings is 1. The summed E-state index contributed by atoms with van der Waals surface area (Å²) in [5.74, 6) is 0.922. The summed E-state index contributed by atoms with van der Waals surface area (Å²) in [5, 5.41) is 0.932. The number of aryl methyl sites for hydroxylation is 2. The number of thiazole rings is 1. The van der Waals surface area contributed by atoms with Crippen LogP contribution in [0.25, 0.3) is 0 Å². The number of hydrogen-bond acceptors (Lipinski definition) is 5. The fourth-order valence-corrected chi connectivity index (χ4v) is 3.06. The van der Waals surface area contributed by atoms with E-state index in [-0.39, 0.29) is 0 Å². The summed E-state index contributed by atoms with van der Waals surface area (Å²) in [6.07, 6.45) is 0. The lowest BCUT2D eigenvalue weighted by Gasteiger charge is -2.11. The summed E-state index contributed by atoms with van der Waals surface area (Å²) in [5.41, 5.74) is 10.3. The highest BCUT2D eigenvalue weighted by Crippen LogP contribution is 2.26. The fraction of sp³-hybridized carbons (Fsp3) is 0.438. The summed E-state index contributed by atoms with van der Waals surface area (Å²) in [6, 6.07) is 4.23. The van der Waals surface area contributed by atoms with Crippen LogP contribution >= 0.6 is 11.3 Å². The van der Waals surface area contributed by atoms with Gasteiger partial charge >= 0.3 is 0 Å². The van der Waals surface area contributed by atoms with E-state index in [4.69, 9.17) is 15.2 Å². The molecule has 0 aliphatic carbocycles. The number of rotatable bonds is 6. The largest absolute Gasteiger partial charge is 0.486 e. The minimum atomic E-state index is 0.463. The van der Waals surface area contributed by atoms with Crippen LogP contribution in [-0.2, 0) is 24.5 Å². The second-order valence-electron chi connectivity index (χ2n) is 5.11. The van der Waals surface area contributed by atoms with E-state index in [2.05, 4.69) is 37.9 Å². The Labute approximate surface area is 129 Å². The first kappa shape index (κ1) is 15.9. The lowest BCUT2D eigenvalue weighted by atomic mass is 10.1. The Kier molecular flexibility index (Phi) is 5.33. The number of nitrogens with zero attached hydrogens (tertiary/aromatic N) is 1. The molecule has 114 valence electrons. The van der Waals surface area contributed by atoms with Crippen molar-refractivity contribution in [2.24, 2.45) is 5.73 Å². The van der Waals surface area contributed by atoms with Crippen molar-refractivity contribution >= 4 is 11.3 Å². The molecule has 1 heterocycles. The zero-order valence-electron chi connectivity index (χ0n) is 13.0. The molecule has 0 unspecified atom stereocenters. The van der Waals surface area contributed by atoms with Gasteiger partial charge in [0.2, 0.25) is 0 Å². The fourth-order valence-electron chi connectivity index (χ4n) is 2.20. The summed E-state index contributed by atoms with van der Waals surface area (Å²) in [6.45, 7) is 7.69. The number of hydrogen-bond donors (Lipinski definition) is 1. The molecule has 0 aliphatic rings. The predicted octanol–water partition coefficient (Wildman–Crippen LogP) is 3.25. The van der Waals surface area contributed by atoms with Crippen molar-refractivity contribution in [3.05, 3.63) is 44.4 Å². The van der Waals surface area contributed by atoms with E-state index in [9.17, 15) is 0 Å². The van der Waals surface area contributed by atoms with Crippen molar-refractivity contribution < 1.29 is 9.47 Å². The molecule has 0 saturated carbocycles. The molecule has 2 aromatic rings. The summed E-state index contributed by atoms with van der Waals surface area (Å²) >= 11 is 1.59. The normalized spacial score (nSPS) is 10.9. The first-order chi connectivity index (χ1) is 10.0. The summed E-state index contributed by atoms with van der Waals surface area (Å²) < 4.78 is 11.1. The van der Waals surface area contributed by atoms with E-state index >= 15 is 0 Å². The smallest absolute Gasteiger partial charge is 0.140 e. The highest BCUT2D eigenvalue weighted by Gasteiger charge is 2.11. The van der Waals surface area contributed by atoms with Crippen molar-refractivity contribution in [2.45, 2.75) is 40.5 Å². The minimum absolute atomic E-state index is 0.463. The molecule has 1 aromatic heterocycles. The lowest BCUT2D eigenvalue weighted by Crippen LogP contribution is -2.00. The number of aromatic nitrogens is 1. The third-order valence-electron chi connectivity index (χ3n) is 3.40. The van der Waals surface area contributed by atoms with Crippen LogP contribution in [0.3, 0.4) is 0 Å². The predicted molar refractivity (Wildman–Crippen MR) is 85.7 cm³/mol. The van der Waals surface area contributed by atoms with Gasteiger partial charge in [-0.2, -0.15) is 0 Å². The van der Waals surface area contributed by atoms with Crippen LogP contribution < -0.4 is 10.5 Å². The van der Waals surface area contributed by atoms with Crippen LogP contribution in [0.5, 0.6) is 5.75 Å². The third-order valence-corrected chi connectivity index (χ3v) is 4.50. The Balaban J connectivity index is 2.13. The molecule has 0 fully saturated rings. The van der Waals surface area contributed by atoms with Crippen LogP contribution in [0.4, 0.5) is 0 Å². The molecule has 2 N–H and O–H groups in total. The molecule has 0 spiro atoms. The molecule has 0 amide bonds. The third kappa shape index (κ3) is 3.81. The molecular formula is C16H22N2O2S. The quantitative estimate of drug-likeness (QED) is 0.890. The van der Waals surface area contributed by atoms with Gasteiger partial charge in [-0.1, -0.05) is 6.07 Å². The molecule has 0 radical (unpaired) electrons. The van der Waals surface area contributed by atoms with E-state index in [0.717, 1.165) is 21.3 Å². The van der Waals surface area contributed by atoms with E-state index in [1.54, 1.807) is 18.4 Å². The van der Waals surface area contributed by atoms with Crippen LogP contribution in [0.2, 0.25) is 0 Å². The van der Waals surface area contributed by atoms with Crippen molar-refractivity contribution in [3.8, 4) is 5.75 Å². The van der Waals surface area contributed by atoms with Gasteiger partial charge < -0.3 is 15.2 Å². The zero-order valence-corrected chi connectivity index (χ0v) is 13.8. The average molecular weight is 306 g/mol. The SMILES string of the molecule is COCc1nc(COc2cc(C)cc(C)c2C)sc1CN. The van der Waals surface area contributed by atoms with Gasteiger partial charge in [-0.25, -0.2) is 4.98 Å². The summed E-state index contributed by atoms with van der Waals surface area (Å²) in [4.78, 5) is 5.61. The average Bonchev–Trinajstić information content (AvgIpc) is 2.84. The van der Waals surface area contributed by atoms with Crippen molar-refractivity contribution in [1.29, 1.82) is 0 Å². The molecule has 0 saturated heterocycles. The Bertz CT molecular complexity index is 623. The van der Waals surface area contributed by atoms with Crippen LogP contribution in [0.15, 0.2) is 12.1 Å². The summed E-state index contributed by atoms with van der Waals surface area (Å²) in [7, 11) is 1.66. The highest BCUT2D eigenvalue weighted by atomic mass is 32.1. The van der Waals surface area contributed by atoms with Crippen molar-refractivity contribution in [2.75, 3.05) is 7.11 Å². The first-order valence-electron chi connectivity index (χ1n) is 6.92. The van der Waals surface area contributed by atoms with Crippen LogP contribution in [-0.4, -0.2) is 12.1 Å². The molecule has 5 heteroatoms. The lowest BCUT2D eigenvalue weighted by molar-refractivity contribution is 0.181. The Hall–Kier alpha value is -1.43. The van der Waals surface area contributed by atoms with Crippen molar-refractivity contribution in [3.63, 3.8) is 0 Å². The van der Waals surface area contributed by atoms with Gasteiger partial charge in [0, 0.05) is 18.5 Å². The maximum absolute atomic E-state index is 5.94. The molecule has 0 atom stereocenters.